The number of aliphatic carboxylic acids is 1. The Kier molecular flexibility index (Phi) is 4.76. The Hall–Kier alpha value is -2.30. The van der Waals surface area contributed by atoms with E-state index >= 15 is 0 Å². The van der Waals surface area contributed by atoms with Gasteiger partial charge in [-0.05, 0) is 18.4 Å². The van der Waals surface area contributed by atoms with E-state index in [1.54, 1.807) is 6.08 Å². The minimum absolute atomic E-state index is 0.158. The van der Waals surface area contributed by atoms with Crippen LogP contribution in [0.4, 0.5) is 4.79 Å². The van der Waals surface area contributed by atoms with Gasteiger partial charge < -0.3 is 20.0 Å². The third kappa shape index (κ3) is 3.85. The Bertz CT molecular complexity index is 498. The van der Waals surface area contributed by atoms with Crippen molar-refractivity contribution in [1.82, 2.24) is 5.32 Å². The number of carboxylic acid groups (broad SMARTS) is 1. The molecule has 2 rings (SSSR count). The van der Waals surface area contributed by atoms with Crippen LogP contribution < -0.4 is 10.4 Å². The van der Waals surface area contributed by atoms with E-state index in [0.717, 1.165) is 5.56 Å². The lowest BCUT2D eigenvalue weighted by Crippen LogP contribution is -2.48. The number of hydrogen-bond donors (Lipinski definition) is 1. The molecular formula is C15H16NO4-. The van der Waals surface area contributed by atoms with Crippen LogP contribution in [0.3, 0.4) is 0 Å². The number of nitrogens with one attached hydrogen (secondary N) is 1. The summed E-state index contributed by atoms with van der Waals surface area (Å²) in [5.74, 6) is -1.85. The maximum absolute atomic E-state index is 11.7. The van der Waals surface area contributed by atoms with Gasteiger partial charge in [0.15, 0.2) is 0 Å². The van der Waals surface area contributed by atoms with Crippen molar-refractivity contribution in [3.8, 4) is 0 Å². The van der Waals surface area contributed by atoms with Gasteiger partial charge in [0.1, 0.15) is 6.61 Å². The van der Waals surface area contributed by atoms with E-state index in [4.69, 9.17) is 4.74 Å². The Morgan fingerprint density at radius 2 is 1.90 bits per heavy atom. The van der Waals surface area contributed by atoms with Crippen LogP contribution in [0.25, 0.3) is 0 Å². The highest BCUT2D eigenvalue weighted by Crippen LogP contribution is 2.18. The number of hydrogen-bond acceptors (Lipinski definition) is 4. The molecule has 0 aliphatic heterocycles. The third-order valence-electron chi connectivity index (χ3n) is 3.25. The number of benzene rings is 1. The van der Waals surface area contributed by atoms with Crippen LogP contribution in [0.2, 0.25) is 0 Å². The van der Waals surface area contributed by atoms with Crippen molar-refractivity contribution in [2.24, 2.45) is 5.92 Å². The van der Waals surface area contributed by atoms with E-state index < -0.39 is 24.0 Å². The Labute approximate surface area is 117 Å². The molecule has 1 aromatic rings. The first-order valence-electron chi connectivity index (χ1n) is 6.50. The second-order valence-electron chi connectivity index (χ2n) is 4.68. The van der Waals surface area contributed by atoms with Crippen molar-refractivity contribution in [3.05, 3.63) is 48.0 Å². The summed E-state index contributed by atoms with van der Waals surface area (Å²) in [6, 6.07) is 8.81. The molecule has 1 aliphatic rings. The van der Waals surface area contributed by atoms with Gasteiger partial charge in [-0.25, -0.2) is 4.79 Å². The molecule has 0 spiro atoms. The summed E-state index contributed by atoms with van der Waals surface area (Å²) in [6.45, 7) is 0.158. The quantitative estimate of drug-likeness (QED) is 0.831. The molecule has 0 unspecified atom stereocenters. The number of allylic oxidation sites excluding steroid dienone is 1. The van der Waals surface area contributed by atoms with Gasteiger partial charge in [-0.1, -0.05) is 42.5 Å². The Morgan fingerprint density at radius 3 is 2.60 bits per heavy atom. The number of carbonyl (C=O) groups excluding carboxylic acids is 2. The fourth-order valence-electron chi connectivity index (χ4n) is 2.15. The highest BCUT2D eigenvalue weighted by Gasteiger charge is 2.25. The normalized spacial score (nSPS) is 21.2. The van der Waals surface area contributed by atoms with Crippen LogP contribution in [-0.4, -0.2) is 18.1 Å². The lowest BCUT2D eigenvalue weighted by molar-refractivity contribution is -0.312. The fourth-order valence-corrected chi connectivity index (χ4v) is 2.15. The predicted molar refractivity (Wildman–Crippen MR) is 70.4 cm³/mol. The summed E-state index contributed by atoms with van der Waals surface area (Å²) in [6.07, 6.45) is 3.86. The highest BCUT2D eigenvalue weighted by molar-refractivity contribution is 5.72. The summed E-state index contributed by atoms with van der Waals surface area (Å²) in [4.78, 5) is 22.7. The molecule has 1 aromatic carbocycles. The molecule has 1 amide bonds. The number of carboxylic acids is 1. The first-order valence-corrected chi connectivity index (χ1v) is 6.50. The molecule has 1 aliphatic carbocycles. The molecule has 0 fully saturated rings. The molecule has 5 nitrogen and oxygen atoms in total. The number of carbonyl (C=O) groups is 2. The Balaban J connectivity index is 1.84. The van der Waals surface area contributed by atoms with Crippen LogP contribution in [0.15, 0.2) is 42.5 Å². The molecule has 0 aromatic heterocycles. The smallest absolute Gasteiger partial charge is 0.407 e. The van der Waals surface area contributed by atoms with Gasteiger partial charge >= 0.3 is 6.09 Å². The summed E-state index contributed by atoms with van der Waals surface area (Å²) < 4.78 is 5.07. The van der Waals surface area contributed by atoms with E-state index in [0.29, 0.717) is 12.8 Å². The molecule has 1 N–H and O–H groups in total. The molecule has 2 atom stereocenters. The topological polar surface area (TPSA) is 78.5 Å². The molecular weight excluding hydrogens is 258 g/mol. The predicted octanol–water partition coefficient (Wildman–Crippen LogP) is 0.997. The van der Waals surface area contributed by atoms with Crippen LogP contribution in [0.1, 0.15) is 18.4 Å². The zero-order valence-corrected chi connectivity index (χ0v) is 11.0. The maximum Gasteiger partial charge on any atom is 0.407 e. The summed E-state index contributed by atoms with van der Waals surface area (Å²) in [5, 5.41) is 13.6. The first kappa shape index (κ1) is 14.1. The molecule has 0 bridgehead atoms. The van der Waals surface area contributed by atoms with Crippen LogP contribution in [0, 0.1) is 5.92 Å². The number of alkyl carbamates (subject to hydrolysis) is 1. The van der Waals surface area contributed by atoms with E-state index in [2.05, 4.69) is 5.32 Å². The van der Waals surface area contributed by atoms with Crippen LogP contribution in [-0.2, 0) is 16.1 Å². The second-order valence-corrected chi connectivity index (χ2v) is 4.68. The average Bonchev–Trinajstić information content (AvgIpc) is 2.46. The van der Waals surface area contributed by atoms with E-state index in [-0.39, 0.29) is 6.61 Å². The number of rotatable bonds is 4. The fraction of sp³-hybridized carbons (Fsp3) is 0.333. The van der Waals surface area contributed by atoms with Crippen molar-refractivity contribution >= 4 is 12.1 Å². The first-order chi connectivity index (χ1) is 9.66. The summed E-state index contributed by atoms with van der Waals surface area (Å²) >= 11 is 0. The zero-order valence-electron chi connectivity index (χ0n) is 11.0. The number of ether oxygens (including phenoxy) is 1. The zero-order chi connectivity index (χ0) is 14.4. The molecule has 5 heteroatoms. The monoisotopic (exact) mass is 274 g/mol. The lowest BCUT2D eigenvalue weighted by atomic mass is 9.89. The standard InChI is InChI=1S/C15H17NO4/c17-14(18)12-8-4-5-9-13(12)16-15(19)20-10-11-6-2-1-3-7-11/h1-7,12-13H,8-10H2,(H,16,19)(H,17,18)/p-1/t12-,13+/m0/s1. The SMILES string of the molecule is O=C(N[C@@H]1CC=CC[C@@H]1C(=O)[O-])OCc1ccccc1. The Morgan fingerprint density at radius 1 is 1.20 bits per heavy atom. The van der Waals surface area contributed by atoms with Crippen molar-refractivity contribution in [3.63, 3.8) is 0 Å². The van der Waals surface area contributed by atoms with E-state index in [9.17, 15) is 14.7 Å². The van der Waals surface area contributed by atoms with Gasteiger partial charge in [0.05, 0.1) is 0 Å². The molecule has 0 radical (unpaired) electrons. The molecule has 0 saturated carbocycles. The van der Waals surface area contributed by atoms with Crippen molar-refractivity contribution < 1.29 is 19.4 Å². The van der Waals surface area contributed by atoms with Crippen LogP contribution >= 0.6 is 0 Å². The summed E-state index contributed by atoms with van der Waals surface area (Å²) in [5.41, 5.74) is 0.877. The largest absolute Gasteiger partial charge is 0.550 e. The minimum atomic E-state index is -1.15. The van der Waals surface area contributed by atoms with Gasteiger partial charge in [-0.2, -0.15) is 0 Å². The van der Waals surface area contributed by atoms with Crippen molar-refractivity contribution in [1.29, 1.82) is 0 Å². The number of amides is 1. The minimum Gasteiger partial charge on any atom is -0.550 e. The molecule has 0 heterocycles. The van der Waals surface area contributed by atoms with Gasteiger partial charge in [0.2, 0.25) is 0 Å². The molecule has 20 heavy (non-hydrogen) atoms. The molecule has 0 saturated heterocycles. The lowest BCUT2D eigenvalue weighted by Gasteiger charge is -2.29. The highest BCUT2D eigenvalue weighted by atomic mass is 16.5. The second kappa shape index (κ2) is 6.75. The average molecular weight is 274 g/mol. The van der Waals surface area contributed by atoms with Gasteiger partial charge in [0.25, 0.3) is 0 Å². The van der Waals surface area contributed by atoms with Gasteiger partial charge in [-0.3, -0.25) is 0 Å². The maximum atomic E-state index is 11.7. The third-order valence-corrected chi connectivity index (χ3v) is 3.25. The van der Waals surface area contributed by atoms with Gasteiger partial charge in [-0.15, -0.1) is 0 Å². The summed E-state index contributed by atoms with van der Waals surface area (Å²) in [7, 11) is 0. The van der Waals surface area contributed by atoms with E-state index in [1.165, 1.54) is 0 Å². The van der Waals surface area contributed by atoms with Crippen molar-refractivity contribution in [2.75, 3.05) is 0 Å². The van der Waals surface area contributed by atoms with Crippen molar-refractivity contribution in [2.45, 2.75) is 25.5 Å². The van der Waals surface area contributed by atoms with E-state index in [1.807, 2.05) is 36.4 Å². The molecule has 106 valence electrons. The van der Waals surface area contributed by atoms with Gasteiger partial charge in [0, 0.05) is 17.9 Å². The van der Waals surface area contributed by atoms with Crippen LogP contribution in [0.5, 0.6) is 0 Å².